The molecule has 4 nitrogen and oxygen atoms in total. The number of rotatable bonds is 5. The third-order valence-electron chi connectivity index (χ3n) is 5.46. The maximum absolute atomic E-state index is 3.34. The summed E-state index contributed by atoms with van der Waals surface area (Å²) >= 11 is 2.35. The van der Waals surface area contributed by atoms with Crippen LogP contribution in [0.4, 0.5) is 11.4 Å². The van der Waals surface area contributed by atoms with Crippen LogP contribution in [0.1, 0.15) is 26.7 Å². The first-order valence-electron chi connectivity index (χ1n) is 11.9. The SMILES string of the molecule is CCCI.CCCN1CCN(c2ccccc2)CC1.c1ccc(N2CCNCC2)cc1. The number of nitrogens with zero attached hydrogens (tertiary/aromatic N) is 3. The van der Waals surface area contributed by atoms with Crippen LogP contribution in [-0.4, -0.2) is 68.2 Å². The number of piperazine rings is 2. The number of anilines is 2. The largest absolute Gasteiger partial charge is 0.369 e. The smallest absolute Gasteiger partial charge is 0.0367 e. The summed E-state index contributed by atoms with van der Waals surface area (Å²) in [6, 6.07) is 21.3. The van der Waals surface area contributed by atoms with Gasteiger partial charge < -0.3 is 15.1 Å². The summed E-state index contributed by atoms with van der Waals surface area (Å²) in [4.78, 5) is 7.45. The Morgan fingerprint density at radius 2 is 1.13 bits per heavy atom. The van der Waals surface area contributed by atoms with Gasteiger partial charge in [-0.05, 0) is 48.1 Å². The van der Waals surface area contributed by atoms with Crippen LogP contribution in [0.2, 0.25) is 0 Å². The molecule has 0 aliphatic carbocycles. The van der Waals surface area contributed by atoms with Crippen LogP contribution >= 0.6 is 22.6 Å². The molecule has 31 heavy (non-hydrogen) atoms. The second kappa shape index (κ2) is 16.3. The number of alkyl halides is 1. The van der Waals surface area contributed by atoms with Crippen LogP contribution < -0.4 is 15.1 Å². The number of para-hydroxylation sites is 2. The highest BCUT2D eigenvalue weighted by Gasteiger charge is 2.15. The molecule has 0 saturated carbocycles. The lowest BCUT2D eigenvalue weighted by Gasteiger charge is -2.35. The van der Waals surface area contributed by atoms with E-state index < -0.39 is 0 Å². The fourth-order valence-corrected chi connectivity index (χ4v) is 3.75. The molecule has 1 N–H and O–H groups in total. The van der Waals surface area contributed by atoms with E-state index in [0.717, 1.165) is 26.2 Å². The van der Waals surface area contributed by atoms with Crippen molar-refractivity contribution in [2.45, 2.75) is 26.7 Å². The van der Waals surface area contributed by atoms with Crippen molar-refractivity contribution in [2.75, 3.05) is 73.1 Å². The minimum absolute atomic E-state index is 1.11. The average Bonchev–Trinajstić information content (AvgIpc) is 2.87. The van der Waals surface area contributed by atoms with Gasteiger partial charge in [0.15, 0.2) is 0 Å². The number of halogens is 1. The van der Waals surface area contributed by atoms with Crippen molar-refractivity contribution in [1.82, 2.24) is 10.2 Å². The molecule has 0 atom stereocenters. The van der Waals surface area contributed by atoms with E-state index in [9.17, 15) is 0 Å². The van der Waals surface area contributed by atoms with E-state index >= 15 is 0 Å². The van der Waals surface area contributed by atoms with Gasteiger partial charge in [0.25, 0.3) is 0 Å². The molecule has 2 aromatic carbocycles. The lowest BCUT2D eigenvalue weighted by Crippen LogP contribution is -2.46. The molecule has 0 aromatic heterocycles. The first-order valence-corrected chi connectivity index (χ1v) is 13.4. The molecular formula is C26H41IN4. The molecule has 0 spiro atoms. The summed E-state index contributed by atoms with van der Waals surface area (Å²) in [5.41, 5.74) is 2.72. The Labute approximate surface area is 204 Å². The number of hydrogen-bond donors (Lipinski definition) is 1. The van der Waals surface area contributed by atoms with Gasteiger partial charge in [-0.3, -0.25) is 4.90 Å². The second-order valence-corrected chi connectivity index (χ2v) is 9.00. The molecule has 5 heteroatoms. The van der Waals surface area contributed by atoms with Gasteiger partial charge >= 0.3 is 0 Å². The maximum Gasteiger partial charge on any atom is 0.0367 e. The van der Waals surface area contributed by atoms with Gasteiger partial charge in [-0.1, -0.05) is 72.8 Å². The van der Waals surface area contributed by atoms with Crippen molar-refractivity contribution < 1.29 is 0 Å². The fourth-order valence-electron chi connectivity index (χ4n) is 3.75. The van der Waals surface area contributed by atoms with Gasteiger partial charge in [-0.25, -0.2) is 0 Å². The zero-order chi connectivity index (χ0) is 22.2. The van der Waals surface area contributed by atoms with Crippen molar-refractivity contribution in [1.29, 1.82) is 0 Å². The number of benzene rings is 2. The topological polar surface area (TPSA) is 21.8 Å². The molecule has 0 bridgehead atoms. The maximum atomic E-state index is 3.34. The standard InChI is InChI=1S/C13H20N2.C10H14N2.C3H7I/c1-2-8-14-9-11-15(12-10-14)13-6-4-3-5-7-13;1-2-4-10(5-3-1)12-8-6-11-7-9-12;1-2-3-4/h3-7H,2,8-12H2,1H3;1-5,11H,6-9H2;2-3H2,1H3. The van der Waals surface area contributed by atoms with Crippen LogP contribution in [0.25, 0.3) is 0 Å². The van der Waals surface area contributed by atoms with Crippen molar-refractivity contribution in [3.05, 3.63) is 60.7 Å². The van der Waals surface area contributed by atoms with Crippen LogP contribution in [0.3, 0.4) is 0 Å². The minimum atomic E-state index is 1.11. The Kier molecular flexibility index (Phi) is 13.7. The van der Waals surface area contributed by atoms with E-state index in [1.54, 1.807) is 0 Å². The highest BCUT2D eigenvalue weighted by atomic mass is 127. The van der Waals surface area contributed by atoms with Crippen molar-refractivity contribution in [3.63, 3.8) is 0 Å². The van der Waals surface area contributed by atoms with Crippen molar-refractivity contribution in [2.24, 2.45) is 0 Å². The average molecular weight is 537 g/mol. The first kappa shape index (κ1) is 25.9. The summed E-state index contributed by atoms with van der Waals surface area (Å²) in [7, 11) is 0. The highest BCUT2D eigenvalue weighted by Crippen LogP contribution is 2.15. The van der Waals surface area contributed by atoms with E-state index in [4.69, 9.17) is 0 Å². The molecular weight excluding hydrogens is 495 g/mol. The number of hydrogen-bond acceptors (Lipinski definition) is 4. The lowest BCUT2D eigenvalue weighted by atomic mass is 10.2. The summed E-state index contributed by atoms with van der Waals surface area (Å²) < 4.78 is 1.29. The molecule has 0 unspecified atom stereocenters. The Balaban J connectivity index is 0.000000192. The van der Waals surface area contributed by atoms with Crippen LogP contribution in [0.15, 0.2) is 60.7 Å². The molecule has 0 amide bonds. The molecule has 0 radical (unpaired) electrons. The Morgan fingerprint density at radius 3 is 1.55 bits per heavy atom. The third kappa shape index (κ3) is 10.2. The summed E-state index contributed by atoms with van der Waals surface area (Å²) in [6.45, 7) is 14.9. The molecule has 2 fully saturated rings. The summed E-state index contributed by atoms with van der Waals surface area (Å²) in [6.07, 6.45) is 2.58. The summed E-state index contributed by atoms with van der Waals surface area (Å²) in [5.74, 6) is 0. The quantitative estimate of drug-likeness (QED) is 0.422. The molecule has 2 aliphatic heterocycles. The predicted octanol–water partition coefficient (Wildman–Crippen LogP) is 5.15. The van der Waals surface area contributed by atoms with E-state index in [1.165, 1.54) is 61.4 Å². The molecule has 2 aliphatic rings. The van der Waals surface area contributed by atoms with Gasteiger partial charge in [0, 0.05) is 63.7 Å². The molecule has 4 rings (SSSR count). The van der Waals surface area contributed by atoms with E-state index in [1.807, 2.05) is 0 Å². The summed E-state index contributed by atoms with van der Waals surface area (Å²) in [5, 5.41) is 3.34. The van der Waals surface area contributed by atoms with E-state index in [2.05, 4.69) is 117 Å². The van der Waals surface area contributed by atoms with Gasteiger partial charge in [0.05, 0.1) is 0 Å². The first-order chi connectivity index (χ1) is 15.3. The van der Waals surface area contributed by atoms with Crippen molar-refractivity contribution in [3.8, 4) is 0 Å². The highest BCUT2D eigenvalue weighted by molar-refractivity contribution is 14.1. The van der Waals surface area contributed by atoms with Gasteiger partial charge in [-0.2, -0.15) is 0 Å². The van der Waals surface area contributed by atoms with Gasteiger partial charge in [-0.15, -0.1) is 0 Å². The number of nitrogens with one attached hydrogen (secondary N) is 1. The van der Waals surface area contributed by atoms with Crippen LogP contribution in [0.5, 0.6) is 0 Å². The molecule has 2 aromatic rings. The van der Waals surface area contributed by atoms with Gasteiger partial charge in [0.1, 0.15) is 0 Å². The van der Waals surface area contributed by atoms with E-state index in [0.29, 0.717) is 0 Å². The Hall–Kier alpha value is -1.31. The lowest BCUT2D eigenvalue weighted by molar-refractivity contribution is 0.258. The second-order valence-electron chi connectivity index (χ2n) is 7.93. The molecule has 2 saturated heterocycles. The zero-order valence-electron chi connectivity index (χ0n) is 19.5. The van der Waals surface area contributed by atoms with Crippen LogP contribution in [-0.2, 0) is 0 Å². The van der Waals surface area contributed by atoms with Crippen LogP contribution in [0, 0.1) is 0 Å². The van der Waals surface area contributed by atoms with E-state index in [-0.39, 0.29) is 0 Å². The molecule has 2 heterocycles. The Bertz CT molecular complexity index is 652. The monoisotopic (exact) mass is 536 g/mol. The van der Waals surface area contributed by atoms with Gasteiger partial charge in [0.2, 0.25) is 0 Å². The molecule has 172 valence electrons. The fraction of sp³-hybridized carbons (Fsp3) is 0.538. The van der Waals surface area contributed by atoms with Crippen molar-refractivity contribution >= 4 is 34.0 Å². The normalized spacial score (nSPS) is 16.6. The zero-order valence-corrected chi connectivity index (χ0v) is 21.6. The predicted molar refractivity (Wildman–Crippen MR) is 146 cm³/mol. The third-order valence-corrected chi connectivity index (χ3v) is 6.54. The Morgan fingerprint density at radius 1 is 0.677 bits per heavy atom. The minimum Gasteiger partial charge on any atom is -0.369 e.